The summed E-state index contributed by atoms with van der Waals surface area (Å²) in [6.45, 7) is 23.9. The monoisotopic (exact) mass is 343 g/mol. The van der Waals surface area contributed by atoms with Gasteiger partial charge in [-0.25, -0.2) is 0 Å². The summed E-state index contributed by atoms with van der Waals surface area (Å²) < 4.78 is 7.13. The second-order valence-corrected chi connectivity index (χ2v) is 48.9. The molecule has 1 rings (SSSR count). The Morgan fingerprint density at radius 3 is 1.40 bits per heavy atom. The molecule has 0 unspecified atom stereocenters. The van der Waals surface area contributed by atoms with Gasteiger partial charge in [0.25, 0.3) is 0 Å². The topological polar surface area (TPSA) is 9.23 Å². The molecule has 0 fully saturated rings. The van der Waals surface area contributed by atoms with Crippen molar-refractivity contribution in [1.82, 2.24) is 0 Å². The number of rotatable bonds is 5. The van der Waals surface area contributed by atoms with E-state index in [1.54, 1.807) is 0 Å². The molecule has 0 atom stereocenters. The molecule has 20 heavy (non-hydrogen) atoms. The standard InChI is InChI=1S/C15H35OSi4/c1-14-11-12-15(13-14)16-20(17(2,3)4,18(5,6)7)19(8,9)10/h13H,11-12H2,1-10H3. The Hall–Kier alpha value is 0.568. The highest BCUT2D eigenvalue weighted by atomic mass is 29.9. The number of allylic oxidation sites excluding steroid dienone is 1. The first-order valence-corrected chi connectivity index (χ1v) is 23.4. The van der Waals surface area contributed by atoms with Gasteiger partial charge in [-0.2, -0.15) is 0 Å². The maximum absolute atomic E-state index is 7.13. The van der Waals surface area contributed by atoms with Gasteiger partial charge in [0.15, 0.2) is 6.87 Å². The summed E-state index contributed by atoms with van der Waals surface area (Å²) in [5.74, 6) is 0. The van der Waals surface area contributed by atoms with Crippen LogP contribution < -0.4 is 0 Å². The van der Waals surface area contributed by atoms with Gasteiger partial charge in [-0.3, -0.25) is 0 Å². The average Bonchev–Trinajstić information content (AvgIpc) is 2.54. The van der Waals surface area contributed by atoms with Crippen LogP contribution in [0.5, 0.6) is 0 Å². The maximum atomic E-state index is 7.13. The van der Waals surface area contributed by atoms with Crippen LogP contribution in [-0.4, -0.2) is 29.6 Å². The summed E-state index contributed by atoms with van der Waals surface area (Å²) in [5, 5.41) is 0. The van der Waals surface area contributed by atoms with Crippen molar-refractivity contribution in [2.24, 2.45) is 0 Å². The molecule has 1 nitrogen and oxygen atoms in total. The van der Waals surface area contributed by atoms with Gasteiger partial charge in [-0.15, -0.1) is 0 Å². The van der Waals surface area contributed by atoms with Gasteiger partial charge in [0.2, 0.25) is 0 Å². The Balaban J connectivity index is 3.32. The first kappa shape index (κ1) is 18.6. The smallest absolute Gasteiger partial charge is 0.159 e. The number of hydrogen-bond donors (Lipinski definition) is 0. The molecule has 117 valence electrons. The zero-order chi connectivity index (χ0) is 16.0. The van der Waals surface area contributed by atoms with E-state index in [1.807, 2.05) is 0 Å². The molecule has 5 heteroatoms. The van der Waals surface area contributed by atoms with E-state index in [9.17, 15) is 0 Å². The van der Waals surface area contributed by atoms with Gasteiger partial charge in [0.1, 0.15) is 6.10 Å². The second kappa shape index (κ2) is 5.65. The Kier molecular flexibility index (Phi) is 5.25. The van der Waals surface area contributed by atoms with Crippen molar-refractivity contribution in [2.45, 2.75) is 78.7 Å². The maximum Gasteiger partial charge on any atom is 0.159 e. The van der Waals surface area contributed by atoms with E-state index in [1.165, 1.54) is 18.1 Å². The van der Waals surface area contributed by atoms with Crippen molar-refractivity contribution in [2.75, 3.05) is 0 Å². The van der Waals surface area contributed by atoms with Gasteiger partial charge in [-0.05, 0) is 19.8 Å². The van der Waals surface area contributed by atoms with Gasteiger partial charge >= 0.3 is 0 Å². The third-order valence-electron chi connectivity index (χ3n) is 4.63. The second-order valence-electron chi connectivity index (χ2n) is 9.49. The zero-order valence-corrected chi connectivity index (χ0v) is 19.4. The molecular weight excluding hydrogens is 309 g/mol. The zero-order valence-electron chi connectivity index (χ0n) is 15.4. The van der Waals surface area contributed by atoms with Crippen molar-refractivity contribution in [3.8, 4) is 0 Å². The Labute approximate surface area is 130 Å². The van der Waals surface area contributed by atoms with Gasteiger partial charge in [0, 0.05) is 0 Å². The summed E-state index contributed by atoms with van der Waals surface area (Å²) in [6, 6.07) is 0. The molecule has 0 saturated carbocycles. The van der Waals surface area contributed by atoms with Crippen molar-refractivity contribution < 1.29 is 4.43 Å². The van der Waals surface area contributed by atoms with Gasteiger partial charge < -0.3 is 4.43 Å². The van der Waals surface area contributed by atoms with Crippen LogP contribution in [0.3, 0.4) is 0 Å². The molecule has 0 spiro atoms. The highest BCUT2D eigenvalue weighted by Gasteiger charge is 2.64. The minimum absolute atomic E-state index is 1.15. The summed E-state index contributed by atoms with van der Waals surface area (Å²) in [6.07, 6.45) is 6.05. The van der Waals surface area contributed by atoms with Crippen LogP contribution in [0.4, 0.5) is 0 Å². The van der Waals surface area contributed by atoms with Crippen LogP contribution in [0, 0.1) is 6.10 Å². The lowest BCUT2D eigenvalue weighted by atomic mass is 10.3. The lowest BCUT2D eigenvalue weighted by Gasteiger charge is -2.56. The van der Waals surface area contributed by atoms with Gasteiger partial charge in [-0.1, -0.05) is 70.6 Å². The fourth-order valence-electron chi connectivity index (χ4n) is 4.85. The fourth-order valence-corrected chi connectivity index (χ4v) is 98.0. The Morgan fingerprint density at radius 2 is 1.15 bits per heavy atom. The van der Waals surface area contributed by atoms with Gasteiger partial charge in [0.05, 0.1) is 22.8 Å². The van der Waals surface area contributed by atoms with Crippen LogP contribution in [0.25, 0.3) is 0 Å². The molecule has 0 aromatic carbocycles. The molecular formula is C15H35OSi4. The SMILES string of the molecule is CC1=C[C](O[Si]([Si](C)(C)C)([Si](C)(C)C)[Si](C)(C)C)CC1. The lowest BCUT2D eigenvalue weighted by molar-refractivity contribution is 0.362. The summed E-state index contributed by atoms with van der Waals surface area (Å²) in [4.78, 5) is 0. The van der Waals surface area contributed by atoms with E-state index >= 15 is 0 Å². The molecule has 0 N–H and O–H groups in total. The van der Waals surface area contributed by atoms with Crippen LogP contribution in [0.2, 0.25) is 58.9 Å². The Bertz CT molecular complexity index is 346. The van der Waals surface area contributed by atoms with Crippen molar-refractivity contribution in [3.05, 3.63) is 17.8 Å². The van der Waals surface area contributed by atoms with Crippen LogP contribution >= 0.6 is 0 Å². The normalized spacial score (nSPS) is 19.4. The lowest BCUT2D eigenvalue weighted by Crippen LogP contribution is -2.84. The molecule has 1 radical (unpaired) electrons. The van der Waals surface area contributed by atoms with E-state index in [0.29, 0.717) is 0 Å². The predicted octanol–water partition coefficient (Wildman–Crippen LogP) is 5.47. The minimum Gasteiger partial charge on any atom is -0.414 e. The highest BCUT2D eigenvalue weighted by Crippen LogP contribution is 2.42. The third-order valence-corrected chi connectivity index (χ3v) is 72.0. The molecule has 0 heterocycles. The van der Waals surface area contributed by atoms with Crippen molar-refractivity contribution in [3.63, 3.8) is 0 Å². The third kappa shape index (κ3) is 3.32. The Morgan fingerprint density at radius 1 is 0.750 bits per heavy atom. The first-order chi connectivity index (χ1) is 8.72. The van der Waals surface area contributed by atoms with Crippen LogP contribution in [0.15, 0.2) is 11.6 Å². The van der Waals surface area contributed by atoms with E-state index in [4.69, 9.17) is 4.43 Å². The molecule has 1 aliphatic carbocycles. The summed E-state index contributed by atoms with van der Waals surface area (Å²) in [7, 11) is -3.92. The molecule has 0 amide bonds. The minimum atomic E-state index is -1.66. The van der Waals surface area contributed by atoms with E-state index in [-0.39, 0.29) is 0 Å². The van der Waals surface area contributed by atoms with Crippen LogP contribution in [-0.2, 0) is 4.43 Å². The van der Waals surface area contributed by atoms with E-state index in [0.717, 1.165) is 6.42 Å². The average molecular weight is 344 g/mol. The van der Waals surface area contributed by atoms with Crippen molar-refractivity contribution in [1.29, 1.82) is 0 Å². The summed E-state index contributed by atoms with van der Waals surface area (Å²) >= 11 is 0. The molecule has 0 aromatic heterocycles. The molecule has 0 bridgehead atoms. The summed E-state index contributed by atoms with van der Waals surface area (Å²) in [5.41, 5.74) is 1.50. The predicted molar refractivity (Wildman–Crippen MR) is 103 cm³/mol. The first-order valence-electron chi connectivity index (χ1n) is 7.94. The molecule has 0 saturated heterocycles. The van der Waals surface area contributed by atoms with Crippen LogP contribution in [0.1, 0.15) is 19.8 Å². The molecule has 1 aliphatic rings. The highest BCUT2D eigenvalue weighted by molar-refractivity contribution is 7.87. The molecule has 0 aromatic rings. The van der Waals surface area contributed by atoms with E-state index in [2.05, 4.69) is 71.9 Å². The largest absolute Gasteiger partial charge is 0.414 e. The fraction of sp³-hybridized carbons (Fsp3) is 0.800. The molecule has 0 aliphatic heterocycles. The number of hydrogen-bond acceptors (Lipinski definition) is 1. The quantitative estimate of drug-likeness (QED) is 0.601. The van der Waals surface area contributed by atoms with Crippen molar-refractivity contribution >= 4 is 29.6 Å². The van der Waals surface area contributed by atoms with E-state index < -0.39 is 29.6 Å².